The zero-order chi connectivity index (χ0) is 24.7. The molecule has 1 atom stereocenters. The number of fused-ring (bicyclic) bond motifs is 1. The molecular formula is C23H19F4N3O4. The molecule has 1 amide bonds. The van der Waals surface area contributed by atoms with Crippen LogP contribution in [-0.2, 0) is 5.54 Å². The lowest BCUT2D eigenvalue weighted by Gasteiger charge is -2.45. The smallest absolute Gasteiger partial charge is 0.486 e. The molecule has 0 spiro atoms. The van der Waals surface area contributed by atoms with E-state index >= 15 is 0 Å². The van der Waals surface area contributed by atoms with Gasteiger partial charge in [-0.15, -0.1) is 13.2 Å². The molecule has 1 aliphatic heterocycles. The van der Waals surface area contributed by atoms with Crippen LogP contribution in [0.1, 0.15) is 41.9 Å². The number of halogens is 4. The largest absolute Gasteiger partial charge is 0.573 e. The molecule has 11 heteroatoms. The van der Waals surface area contributed by atoms with Crippen molar-refractivity contribution >= 4 is 5.91 Å². The number of ether oxygens (including phenoxy) is 2. The summed E-state index contributed by atoms with van der Waals surface area (Å²) in [6.07, 6.45) is -2.33. The van der Waals surface area contributed by atoms with Crippen molar-refractivity contribution in [3.8, 4) is 11.5 Å². The summed E-state index contributed by atoms with van der Waals surface area (Å²) in [5, 5.41) is 2.86. The Kier molecular flexibility index (Phi) is 5.58. The van der Waals surface area contributed by atoms with E-state index in [2.05, 4.69) is 20.0 Å². The summed E-state index contributed by atoms with van der Waals surface area (Å²) in [7, 11) is 0. The lowest BCUT2D eigenvalue weighted by Crippen LogP contribution is -2.55. The molecule has 178 valence electrons. The number of hydrogen-bond acceptors (Lipinski definition) is 5. The van der Waals surface area contributed by atoms with Crippen LogP contribution >= 0.6 is 0 Å². The molecule has 7 nitrogen and oxygen atoms in total. The number of carbonyl (C=O) groups excluding carboxylic acids is 1. The third-order valence-electron chi connectivity index (χ3n) is 5.28. The molecule has 34 heavy (non-hydrogen) atoms. The van der Waals surface area contributed by atoms with Gasteiger partial charge in [0.2, 0.25) is 5.56 Å². The maximum atomic E-state index is 14.7. The summed E-state index contributed by atoms with van der Waals surface area (Å²) in [4.78, 5) is 31.3. The molecule has 0 aliphatic carbocycles. The van der Waals surface area contributed by atoms with E-state index in [4.69, 9.17) is 4.74 Å². The van der Waals surface area contributed by atoms with E-state index in [9.17, 15) is 27.2 Å². The van der Waals surface area contributed by atoms with Gasteiger partial charge >= 0.3 is 6.36 Å². The molecule has 3 heterocycles. The van der Waals surface area contributed by atoms with E-state index in [-0.39, 0.29) is 23.2 Å². The second-order valence-electron chi connectivity index (χ2n) is 8.38. The minimum absolute atomic E-state index is 0.0675. The van der Waals surface area contributed by atoms with Gasteiger partial charge < -0.3 is 19.8 Å². The van der Waals surface area contributed by atoms with Crippen LogP contribution in [0.5, 0.6) is 11.5 Å². The first-order chi connectivity index (χ1) is 15.9. The quantitative estimate of drug-likeness (QED) is 0.554. The van der Waals surface area contributed by atoms with Gasteiger partial charge in [-0.3, -0.25) is 14.6 Å². The standard InChI is InChI=1S/C23H19F4N3O4/c1-21(2)12-22(19-17(33-21)4-3-9-28-19,30-20(32)13-5-8-18(31)29-11-13)14-6-7-16(15(24)10-14)34-23(25,26)27/h3-11H,12H2,1-2H3,(H,29,31)(H,30,32)/t22-/m0/s1. The number of amides is 1. The van der Waals surface area contributed by atoms with Gasteiger partial charge in [-0.1, -0.05) is 6.07 Å². The first-order valence-corrected chi connectivity index (χ1v) is 10.1. The van der Waals surface area contributed by atoms with Crippen LogP contribution in [0.4, 0.5) is 17.6 Å². The van der Waals surface area contributed by atoms with E-state index in [1.807, 2.05) is 0 Å². The third-order valence-corrected chi connectivity index (χ3v) is 5.28. The van der Waals surface area contributed by atoms with Crippen molar-refractivity contribution in [1.82, 2.24) is 15.3 Å². The van der Waals surface area contributed by atoms with Crippen molar-refractivity contribution in [2.24, 2.45) is 0 Å². The number of pyridine rings is 2. The van der Waals surface area contributed by atoms with Crippen LogP contribution in [-0.4, -0.2) is 27.8 Å². The SMILES string of the molecule is CC1(C)C[C@](NC(=O)c2ccc(=O)[nH]c2)(c2ccc(OC(F)(F)F)c(F)c2)c2ncccc2O1. The van der Waals surface area contributed by atoms with Gasteiger partial charge in [0.05, 0.1) is 5.56 Å². The minimum Gasteiger partial charge on any atom is -0.486 e. The fourth-order valence-electron chi connectivity index (χ4n) is 4.06. The molecule has 2 N–H and O–H groups in total. The van der Waals surface area contributed by atoms with Crippen LogP contribution in [0.15, 0.2) is 59.7 Å². The maximum absolute atomic E-state index is 14.7. The number of nitrogens with zero attached hydrogens (tertiary/aromatic N) is 1. The molecule has 2 aromatic heterocycles. The Bertz CT molecular complexity index is 1290. The highest BCUT2D eigenvalue weighted by Crippen LogP contribution is 2.47. The molecule has 3 aromatic rings. The van der Waals surface area contributed by atoms with Crippen LogP contribution in [0, 0.1) is 5.82 Å². The highest BCUT2D eigenvalue weighted by Gasteiger charge is 2.49. The highest BCUT2D eigenvalue weighted by molar-refractivity contribution is 5.94. The topological polar surface area (TPSA) is 93.3 Å². The first-order valence-electron chi connectivity index (χ1n) is 10.1. The Balaban J connectivity index is 1.88. The number of aromatic nitrogens is 2. The van der Waals surface area contributed by atoms with Gasteiger partial charge in [-0.05, 0) is 49.7 Å². The van der Waals surface area contributed by atoms with Gasteiger partial charge in [0.25, 0.3) is 5.91 Å². The number of aromatic amines is 1. The van der Waals surface area contributed by atoms with Crippen LogP contribution in [0.3, 0.4) is 0 Å². The molecule has 0 bridgehead atoms. The number of alkyl halides is 3. The third kappa shape index (κ3) is 4.59. The van der Waals surface area contributed by atoms with Crippen molar-refractivity contribution in [1.29, 1.82) is 0 Å². The number of rotatable bonds is 4. The molecule has 4 rings (SSSR count). The van der Waals surface area contributed by atoms with Gasteiger partial charge in [0.15, 0.2) is 11.6 Å². The molecule has 0 saturated heterocycles. The summed E-state index contributed by atoms with van der Waals surface area (Å²) < 4.78 is 62.4. The monoisotopic (exact) mass is 477 g/mol. The number of benzene rings is 1. The fourth-order valence-corrected chi connectivity index (χ4v) is 4.06. The summed E-state index contributed by atoms with van der Waals surface area (Å²) in [6, 6.07) is 8.68. The zero-order valence-corrected chi connectivity index (χ0v) is 18.0. The van der Waals surface area contributed by atoms with Gasteiger partial charge in [-0.2, -0.15) is 0 Å². The van der Waals surface area contributed by atoms with E-state index in [0.717, 1.165) is 12.1 Å². The predicted octanol–water partition coefficient (Wildman–Crippen LogP) is 4.04. The van der Waals surface area contributed by atoms with Crippen molar-refractivity contribution in [2.75, 3.05) is 0 Å². The van der Waals surface area contributed by atoms with Crippen molar-refractivity contribution in [3.63, 3.8) is 0 Å². The van der Waals surface area contributed by atoms with E-state index in [1.54, 1.807) is 26.0 Å². The highest BCUT2D eigenvalue weighted by atomic mass is 19.4. The molecule has 1 aliphatic rings. The van der Waals surface area contributed by atoms with Crippen LogP contribution < -0.4 is 20.3 Å². The zero-order valence-electron chi connectivity index (χ0n) is 18.0. The number of H-pyrrole nitrogens is 1. The summed E-state index contributed by atoms with van der Waals surface area (Å²) in [6.45, 7) is 3.50. The number of nitrogens with one attached hydrogen (secondary N) is 2. The second kappa shape index (κ2) is 8.15. The Hall–Kier alpha value is -3.89. The number of carbonyl (C=O) groups is 1. The lowest BCUT2D eigenvalue weighted by atomic mass is 9.75. The van der Waals surface area contributed by atoms with Gasteiger partial charge in [-0.25, -0.2) is 4.39 Å². The molecular weight excluding hydrogens is 458 g/mol. The Morgan fingerprint density at radius 3 is 2.62 bits per heavy atom. The predicted molar refractivity (Wildman–Crippen MR) is 112 cm³/mol. The first kappa shape index (κ1) is 23.3. The maximum Gasteiger partial charge on any atom is 0.573 e. The van der Waals surface area contributed by atoms with E-state index in [1.165, 1.54) is 30.6 Å². The second-order valence-corrected chi connectivity index (χ2v) is 8.38. The van der Waals surface area contributed by atoms with Crippen molar-refractivity contribution < 1.29 is 31.8 Å². The molecule has 0 radical (unpaired) electrons. The lowest BCUT2D eigenvalue weighted by molar-refractivity contribution is -0.275. The number of hydrogen-bond donors (Lipinski definition) is 2. The van der Waals surface area contributed by atoms with Gasteiger partial charge in [0.1, 0.15) is 22.6 Å². The van der Waals surface area contributed by atoms with E-state index < -0.39 is 40.5 Å². The summed E-state index contributed by atoms with van der Waals surface area (Å²) in [5.74, 6) is -2.58. The van der Waals surface area contributed by atoms with Crippen LogP contribution in [0.25, 0.3) is 0 Å². The summed E-state index contributed by atoms with van der Waals surface area (Å²) >= 11 is 0. The fraction of sp³-hybridized carbons (Fsp3) is 0.261. The summed E-state index contributed by atoms with van der Waals surface area (Å²) in [5.41, 5.74) is -2.29. The molecule has 0 fully saturated rings. The minimum atomic E-state index is -5.08. The molecule has 0 unspecified atom stereocenters. The molecule has 0 saturated carbocycles. The molecule has 1 aromatic carbocycles. The van der Waals surface area contributed by atoms with Crippen molar-refractivity contribution in [2.45, 2.75) is 37.8 Å². The van der Waals surface area contributed by atoms with Gasteiger partial charge in [0, 0.05) is 24.9 Å². The normalized spacial score (nSPS) is 19.0. The average Bonchev–Trinajstić information content (AvgIpc) is 2.74. The Morgan fingerprint density at radius 1 is 1.21 bits per heavy atom. The average molecular weight is 477 g/mol. The van der Waals surface area contributed by atoms with E-state index in [0.29, 0.717) is 5.75 Å². The van der Waals surface area contributed by atoms with Crippen molar-refractivity contribution in [3.05, 3.63) is 87.9 Å². The van der Waals surface area contributed by atoms with Crippen LogP contribution in [0.2, 0.25) is 0 Å². The Morgan fingerprint density at radius 2 is 1.97 bits per heavy atom. The Labute approximate surface area is 190 Å².